The summed E-state index contributed by atoms with van der Waals surface area (Å²) in [5.41, 5.74) is 3.87. The average molecular weight is 364 g/mol. The summed E-state index contributed by atoms with van der Waals surface area (Å²) in [4.78, 5) is 34.7. The van der Waals surface area contributed by atoms with Crippen LogP contribution in [0.4, 0.5) is 0 Å². The molecule has 0 aromatic carbocycles. The van der Waals surface area contributed by atoms with Crippen LogP contribution in [0.1, 0.15) is 46.5 Å². The molecule has 2 atom stereocenters. The van der Waals surface area contributed by atoms with Crippen molar-refractivity contribution in [3.05, 3.63) is 0 Å². The minimum absolute atomic E-state index is 0. The highest BCUT2D eigenvalue weighted by atomic mass is 35.5. The predicted molar refractivity (Wildman–Crippen MR) is 85.2 cm³/mol. The molecule has 1 rings (SSSR count). The predicted octanol–water partition coefficient (Wildman–Crippen LogP) is -3.23. The summed E-state index contributed by atoms with van der Waals surface area (Å²) in [5.74, 6) is -0.761. The van der Waals surface area contributed by atoms with E-state index in [4.69, 9.17) is 5.11 Å². The summed E-state index contributed by atoms with van der Waals surface area (Å²) in [5, 5.41) is 14.3. The largest absolute Gasteiger partial charge is 1.00 e. The minimum atomic E-state index is -1.03. The van der Waals surface area contributed by atoms with Crippen LogP contribution in [0.3, 0.4) is 0 Å². The molecule has 0 spiro atoms. The zero-order valence-corrected chi connectivity index (χ0v) is 15.4. The van der Waals surface area contributed by atoms with Gasteiger partial charge in [0.15, 0.2) is 6.04 Å². The van der Waals surface area contributed by atoms with Crippen LogP contribution in [0, 0.1) is 17.8 Å². The standard InChI is InChI=1S/C16H29N3O4.ClH/c1-9(2)13(17)15(21)18-8-11-4-6-12(7-5-11)14(20)19-10(3)16(22)23;/h9-13H,4-8,17H2,1-3H3,(H,18,21)(H,19,20)(H,22,23);1H/t10-,11?,12?,13-;/m0./s1. The van der Waals surface area contributed by atoms with Gasteiger partial charge in [0.25, 0.3) is 5.91 Å². The number of carbonyl (C=O) groups excluding carboxylic acids is 2. The molecule has 0 aromatic heterocycles. The van der Waals surface area contributed by atoms with E-state index in [0.29, 0.717) is 12.5 Å². The van der Waals surface area contributed by atoms with E-state index >= 15 is 0 Å². The van der Waals surface area contributed by atoms with Crippen molar-refractivity contribution in [3.63, 3.8) is 0 Å². The van der Waals surface area contributed by atoms with Crippen molar-refractivity contribution in [1.29, 1.82) is 0 Å². The minimum Gasteiger partial charge on any atom is -1.00 e. The smallest absolute Gasteiger partial charge is 0.325 e. The van der Waals surface area contributed by atoms with Gasteiger partial charge in [-0.25, -0.2) is 0 Å². The maximum Gasteiger partial charge on any atom is 0.325 e. The van der Waals surface area contributed by atoms with E-state index in [-0.39, 0.29) is 42.1 Å². The van der Waals surface area contributed by atoms with Crippen LogP contribution in [-0.4, -0.2) is 41.5 Å². The summed E-state index contributed by atoms with van der Waals surface area (Å²) in [6, 6.07) is -1.10. The number of carboxylic acids is 1. The van der Waals surface area contributed by atoms with Crippen molar-refractivity contribution in [2.45, 2.75) is 58.5 Å². The molecule has 0 radical (unpaired) electrons. The van der Waals surface area contributed by atoms with Gasteiger partial charge < -0.3 is 33.9 Å². The van der Waals surface area contributed by atoms with E-state index in [9.17, 15) is 14.4 Å². The Kier molecular flexibility index (Phi) is 9.92. The molecule has 140 valence electrons. The first kappa shape index (κ1) is 22.7. The van der Waals surface area contributed by atoms with Crippen molar-refractivity contribution < 1.29 is 37.6 Å². The maximum atomic E-state index is 12.0. The fourth-order valence-electron chi connectivity index (χ4n) is 2.70. The molecule has 6 N–H and O–H groups in total. The number of halogens is 1. The number of carbonyl (C=O) groups is 3. The van der Waals surface area contributed by atoms with Gasteiger partial charge in [0.05, 0.1) is 0 Å². The summed E-state index contributed by atoms with van der Waals surface area (Å²) in [6.07, 6.45) is 3.19. The van der Waals surface area contributed by atoms with Gasteiger partial charge in [-0.3, -0.25) is 14.4 Å². The molecule has 0 bridgehead atoms. The summed E-state index contributed by atoms with van der Waals surface area (Å²) in [6.45, 7) is 6.03. The van der Waals surface area contributed by atoms with Gasteiger partial charge in [-0.15, -0.1) is 0 Å². The number of hydrogen-bond acceptors (Lipinski definition) is 3. The zero-order valence-electron chi connectivity index (χ0n) is 14.7. The first-order chi connectivity index (χ1) is 10.7. The molecule has 2 amide bonds. The fraction of sp³-hybridized carbons (Fsp3) is 0.812. The second-order valence-electron chi connectivity index (χ2n) is 6.88. The molecular weight excluding hydrogens is 334 g/mol. The van der Waals surface area contributed by atoms with Crippen molar-refractivity contribution in [2.24, 2.45) is 17.8 Å². The fourth-order valence-corrected chi connectivity index (χ4v) is 2.70. The van der Waals surface area contributed by atoms with Crippen molar-refractivity contribution in [2.75, 3.05) is 6.54 Å². The van der Waals surface area contributed by atoms with Crippen molar-refractivity contribution in [3.8, 4) is 0 Å². The number of rotatable bonds is 7. The maximum absolute atomic E-state index is 12.0. The second-order valence-corrected chi connectivity index (χ2v) is 6.88. The second kappa shape index (κ2) is 10.5. The summed E-state index contributed by atoms with van der Waals surface area (Å²) >= 11 is 0. The van der Waals surface area contributed by atoms with Gasteiger partial charge >= 0.3 is 5.97 Å². The first-order valence-electron chi connectivity index (χ1n) is 8.36. The Bertz CT molecular complexity index is 437. The molecule has 0 aromatic rings. The highest BCUT2D eigenvalue weighted by Gasteiger charge is 2.29. The van der Waals surface area contributed by atoms with E-state index in [1.54, 1.807) is 0 Å². The number of hydrogen-bond donors (Lipinski definition) is 4. The molecule has 0 heterocycles. The van der Waals surface area contributed by atoms with Gasteiger partial charge in [0.1, 0.15) is 6.04 Å². The van der Waals surface area contributed by atoms with Crippen LogP contribution in [0.25, 0.3) is 0 Å². The lowest BCUT2D eigenvalue weighted by Crippen LogP contribution is -3.00. The topological polar surface area (TPSA) is 123 Å². The normalized spacial score (nSPS) is 22.9. The van der Waals surface area contributed by atoms with E-state index in [2.05, 4.69) is 16.4 Å². The Balaban J connectivity index is 0.00000529. The number of amides is 2. The molecule has 1 aliphatic rings. The lowest BCUT2D eigenvalue weighted by atomic mass is 9.81. The highest BCUT2D eigenvalue weighted by molar-refractivity contribution is 5.84. The lowest BCUT2D eigenvalue weighted by molar-refractivity contribution is -0.414. The van der Waals surface area contributed by atoms with Gasteiger partial charge in [0.2, 0.25) is 5.91 Å². The van der Waals surface area contributed by atoms with Gasteiger partial charge in [-0.2, -0.15) is 0 Å². The third-order valence-corrected chi connectivity index (χ3v) is 4.65. The third-order valence-electron chi connectivity index (χ3n) is 4.65. The molecule has 0 saturated heterocycles. The van der Waals surface area contributed by atoms with Crippen LogP contribution in [0.15, 0.2) is 0 Å². The Morgan fingerprint density at radius 1 is 1.12 bits per heavy atom. The van der Waals surface area contributed by atoms with Crippen LogP contribution in [0.2, 0.25) is 0 Å². The molecule has 0 aliphatic heterocycles. The number of quaternary nitrogens is 1. The Morgan fingerprint density at radius 3 is 2.12 bits per heavy atom. The third kappa shape index (κ3) is 7.05. The lowest BCUT2D eigenvalue weighted by Gasteiger charge is -2.28. The molecule has 1 fully saturated rings. The van der Waals surface area contributed by atoms with Crippen LogP contribution in [-0.2, 0) is 14.4 Å². The van der Waals surface area contributed by atoms with Crippen LogP contribution < -0.4 is 28.8 Å². The molecule has 8 heteroatoms. The first-order valence-corrected chi connectivity index (χ1v) is 8.36. The molecular formula is C16H30ClN3O4. The van der Waals surface area contributed by atoms with E-state index < -0.39 is 12.0 Å². The van der Waals surface area contributed by atoms with Gasteiger partial charge in [0, 0.05) is 18.4 Å². The summed E-state index contributed by atoms with van der Waals surface area (Å²) < 4.78 is 0. The molecule has 1 saturated carbocycles. The van der Waals surface area contributed by atoms with Crippen LogP contribution in [0.5, 0.6) is 0 Å². The Hall–Kier alpha value is -1.34. The molecule has 7 nitrogen and oxygen atoms in total. The molecule has 0 unspecified atom stereocenters. The monoisotopic (exact) mass is 363 g/mol. The average Bonchev–Trinajstić information content (AvgIpc) is 2.51. The van der Waals surface area contributed by atoms with E-state index in [1.807, 2.05) is 13.8 Å². The Labute approximate surface area is 149 Å². The van der Waals surface area contributed by atoms with Gasteiger partial charge in [-0.05, 0) is 38.5 Å². The molecule has 1 aliphatic carbocycles. The summed E-state index contributed by atoms with van der Waals surface area (Å²) in [7, 11) is 0. The number of nitrogens with one attached hydrogen (secondary N) is 2. The quantitative estimate of drug-likeness (QED) is 0.379. The van der Waals surface area contributed by atoms with Gasteiger partial charge in [-0.1, -0.05) is 13.8 Å². The number of aliphatic carboxylic acids is 1. The van der Waals surface area contributed by atoms with E-state index in [0.717, 1.165) is 25.7 Å². The SMILES string of the molecule is CC(C)[C@H]([NH3+])C(=O)NCC1CCC(C(=O)N[C@@H](C)C(=O)O)CC1.[Cl-]. The molecule has 24 heavy (non-hydrogen) atoms. The number of carboxylic acid groups (broad SMARTS) is 1. The van der Waals surface area contributed by atoms with E-state index in [1.165, 1.54) is 6.92 Å². The Morgan fingerprint density at radius 2 is 1.67 bits per heavy atom. The zero-order chi connectivity index (χ0) is 17.6. The van der Waals surface area contributed by atoms with Crippen molar-refractivity contribution in [1.82, 2.24) is 10.6 Å². The van der Waals surface area contributed by atoms with Crippen LogP contribution >= 0.6 is 0 Å². The highest BCUT2D eigenvalue weighted by Crippen LogP contribution is 2.28. The van der Waals surface area contributed by atoms with Crippen molar-refractivity contribution >= 4 is 17.8 Å².